The van der Waals surface area contributed by atoms with Gasteiger partial charge in [0.05, 0.1) is 7.11 Å². The smallest absolute Gasteiger partial charge is 0.119 e. The highest BCUT2D eigenvalue weighted by Crippen LogP contribution is 2.27. The Morgan fingerprint density at radius 2 is 2.05 bits per heavy atom. The zero-order valence-corrected chi connectivity index (χ0v) is 11.7. The second-order valence-corrected chi connectivity index (χ2v) is 4.55. The molecule has 3 heteroatoms. The summed E-state index contributed by atoms with van der Waals surface area (Å²) >= 11 is 0. The van der Waals surface area contributed by atoms with Gasteiger partial charge in [0.25, 0.3) is 0 Å². The number of methoxy groups -OCH3 is 1. The summed E-state index contributed by atoms with van der Waals surface area (Å²) in [6.45, 7) is 5.94. The maximum absolute atomic E-state index is 5.31. The molecule has 1 aromatic carbocycles. The van der Waals surface area contributed by atoms with Crippen LogP contribution in [0.25, 0.3) is 11.1 Å². The number of nitrogens with one attached hydrogen (secondary N) is 1. The van der Waals surface area contributed by atoms with Crippen molar-refractivity contribution in [1.82, 2.24) is 10.3 Å². The zero-order valence-electron chi connectivity index (χ0n) is 11.7. The van der Waals surface area contributed by atoms with Gasteiger partial charge in [-0.15, -0.1) is 0 Å². The molecule has 0 bridgehead atoms. The van der Waals surface area contributed by atoms with E-state index < -0.39 is 0 Å². The number of ether oxygens (including phenoxy) is 1. The highest BCUT2D eigenvalue weighted by Gasteiger charge is 2.07. The Bertz CT molecular complexity index is 552. The third kappa shape index (κ3) is 3.32. The average molecular weight is 256 g/mol. The van der Waals surface area contributed by atoms with Crippen LogP contribution in [0.3, 0.4) is 0 Å². The normalized spacial score (nSPS) is 10.5. The molecule has 1 heterocycles. The molecule has 0 amide bonds. The van der Waals surface area contributed by atoms with E-state index in [9.17, 15) is 0 Å². The Kier molecular flexibility index (Phi) is 4.53. The van der Waals surface area contributed by atoms with Crippen LogP contribution in [-0.4, -0.2) is 18.6 Å². The van der Waals surface area contributed by atoms with Crippen LogP contribution in [0.5, 0.6) is 5.75 Å². The molecule has 0 aliphatic rings. The molecule has 0 unspecified atom stereocenters. The molecule has 0 aliphatic heterocycles. The molecule has 0 saturated heterocycles. The fourth-order valence-corrected chi connectivity index (χ4v) is 2.09. The fraction of sp³-hybridized carbons (Fsp3) is 0.312. The summed E-state index contributed by atoms with van der Waals surface area (Å²) in [7, 11) is 1.69. The van der Waals surface area contributed by atoms with Crippen molar-refractivity contribution < 1.29 is 4.74 Å². The summed E-state index contributed by atoms with van der Waals surface area (Å²) in [5.74, 6) is 0.886. The molecule has 0 radical (unpaired) electrons. The SMILES string of the molecule is CCNCc1cc(OC)ccc1-c1cncc(C)c1. The summed E-state index contributed by atoms with van der Waals surface area (Å²) in [4.78, 5) is 4.27. The number of rotatable bonds is 5. The molecule has 1 N–H and O–H groups in total. The van der Waals surface area contributed by atoms with Gasteiger partial charge in [0.15, 0.2) is 0 Å². The third-order valence-electron chi connectivity index (χ3n) is 3.06. The van der Waals surface area contributed by atoms with Gasteiger partial charge in [-0.05, 0) is 48.4 Å². The van der Waals surface area contributed by atoms with Gasteiger partial charge in [0, 0.05) is 24.5 Å². The predicted octanol–water partition coefficient (Wildman–Crippen LogP) is 3.18. The maximum Gasteiger partial charge on any atom is 0.119 e. The van der Waals surface area contributed by atoms with Crippen molar-refractivity contribution in [2.75, 3.05) is 13.7 Å². The lowest BCUT2D eigenvalue weighted by Crippen LogP contribution is -2.12. The fourth-order valence-electron chi connectivity index (χ4n) is 2.09. The van der Waals surface area contributed by atoms with Crippen molar-refractivity contribution in [1.29, 1.82) is 0 Å². The van der Waals surface area contributed by atoms with Gasteiger partial charge in [-0.3, -0.25) is 4.98 Å². The molecule has 19 heavy (non-hydrogen) atoms. The first-order chi connectivity index (χ1) is 9.24. The standard InChI is InChI=1S/C16H20N2O/c1-4-17-10-14-8-15(19-3)5-6-16(14)13-7-12(2)9-18-11-13/h5-9,11,17H,4,10H2,1-3H3. The molecular formula is C16H20N2O. The van der Waals surface area contributed by atoms with Crippen molar-refractivity contribution >= 4 is 0 Å². The molecule has 0 saturated carbocycles. The number of benzene rings is 1. The van der Waals surface area contributed by atoms with Crippen LogP contribution in [0.2, 0.25) is 0 Å². The van der Waals surface area contributed by atoms with E-state index in [0.29, 0.717) is 0 Å². The largest absolute Gasteiger partial charge is 0.497 e. The van der Waals surface area contributed by atoms with Gasteiger partial charge >= 0.3 is 0 Å². The van der Waals surface area contributed by atoms with Crippen LogP contribution in [-0.2, 0) is 6.54 Å². The number of hydrogen-bond acceptors (Lipinski definition) is 3. The van der Waals surface area contributed by atoms with E-state index in [-0.39, 0.29) is 0 Å². The van der Waals surface area contributed by atoms with E-state index in [2.05, 4.69) is 42.3 Å². The molecule has 0 fully saturated rings. The van der Waals surface area contributed by atoms with Gasteiger partial charge in [-0.25, -0.2) is 0 Å². The molecule has 0 spiro atoms. The first kappa shape index (κ1) is 13.6. The Morgan fingerprint density at radius 3 is 2.74 bits per heavy atom. The number of hydrogen-bond donors (Lipinski definition) is 1. The second kappa shape index (κ2) is 6.34. The van der Waals surface area contributed by atoms with Crippen molar-refractivity contribution in [3.05, 3.63) is 47.8 Å². The molecular weight excluding hydrogens is 236 g/mol. The maximum atomic E-state index is 5.31. The number of aryl methyl sites for hydroxylation is 1. The van der Waals surface area contributed by atoms with Crippen molar-refractivity contribution in [3.8, 4) is 16.9 Å². The monoisotopic (exact) mass is 256 g/mol. The van der Waals surface area contributed by atoms with E-state index in [1.807, 2.05) is 18.5 Å². The van der Waals surface area contributed by atoms with E-state index in [4.69, 9.17) is 4.74 Å². The van der Waals surface area contributed by atoms with Crippen molar-refractivity contribution in [2.45, 2.75) is 20.4 Å². The van der Waals surface area contributed by atoms with E-state index in [1.54, 1.807) is 7.11 Å². The zero-order chi connectivity index (χ0) is 13.7. The van der Waals surface area contributed by atoms with Gasteiger partial charge in [0.2, 0.25) is 0 Å². The summed E-state index contributed by atoms with van der Waals surface area (Å²) in [6, 6.07) is 8.33. The Labute approximate surface area is 114 Å². The minimum atomic E-state index is 0.830. The first-order valence-electron chi connectivity index (χ1n) is 6.54. The van der Waals surface area contributed by atoms with Crippen molar-refractivity contribution in [3.63, 3.8) is 0 Å². The second-order valence-electron chi connectivity index (χ2n) is 4.55. The minimum Gasteiger partial charge on any atom is -0.497 e. The summed E-state index contributed by atoms with van der Waals surface area (Å²) in [5, 5.41) is 3.36. The lowest BCUT2D eigenvalue weighted by atomic mass is 9.99. The molecule has 1 aromatic heterocycles. The first-order valence-corrected chi connectivity index (χ1v) is 6.54. The van der Waals surface area contributed by atoms with E-state index in [0.717, 1.165) is 24.4 Å². The van der Waals surface area contributed by atoms with Crippen LogP contribution in [0.15, 0.2) is 36.7 Å². The average Bonchev–Trinajstić information content (AvgIpc) is 2.44. The topological polar surface area (TPSA) is 34.1 Å². The van der Waals surface area contributed by atoms with Gasteiger partial charge in [-0.1, -0.05) is 13.0 Å². The quantitative estimate of drug-likeness (QED) is 0.892. The Morgan fingerprint density at radius 1 is 1.21 bits per heavy atom. The number of pyridine rings is 1. The van der Waals surface area contributed by atoms with E-state index >= 15 is 0 Å². The molecule has 2 aromatic rings. The molecule has 100 valence electrons. The summed E-state index contributed by atoms with van der Waals surface area (Å²) in [5.41, 5.74) is 4.75. The van der Waals surface area contributed by atoms with Crippen molar-refractivity contribution in [2.24, 2.45) is 0 Å². The molecule has 3 nitrogen and oxygen atoms in total. The van der Waals surface area contributed by atoms with Crippen LogP contribution in [0.1, 0.15) is 18.1 Å². The lowest BCUT2D eigenvalue weighted by molar-refractivity contribution is 0.414. The van der Waals surface area contributed by atoms with Gasteiger partial charge < -0.3 is 10.1 Å². The predicted molar refractivity (Wildman–Crippen MR) is 78.3 cm³/mol. The molecule has 0 atom stereocenters. The van der Waals surface area contributed by atoms with E-state index in [1.165, 1.54) is 16.7 Å². The number of nitrogens with zero attached hydrogens (tertiary/aromatic N) is 1. The van der Waals surface area contributed by atoms with Crippen LogP contribution < -0.4 is 10.1 Å². The van der Waals surface area contributed by atoms with Crippen LogP contribution in [0, 0.1) is 6.92 Å². The molecule has 0 aliphatic carbocycles. The summed E-state index contributed by atoms with van der Waals surface area (Å²) in [6.07, 6.45) is 3.78. The van der Waals surface area contributed by atoms with Crippen LogP contribution >= 0.6 is 0 Å². The van der Waals surface area contributed by atoms with Crippen LogP contribution in [0.4, 0.5) is 0 Å². The number of aromatic nitrogens is 1. The molecule has 2 rings (SSSR count). The lowest BCUT2D eigenvalue weighted by Gasteiger charge is -2.12. The highest BCUT2D eigenvalue weighted by molar-refractivity contribution is 5.68. The Hall–Kier alpha value is -1.87. The van der Waals surface area contributed by atoms with Gasteiger partial charge in [-0.2, -0.15) is 0 Å². The third-order valence-corrected chi connectivity index (χ3v) is 3.06. The minimum absolute atomic E-state index is 0.830. The highest BCUT2D eigenvalue weighted by atomic mass is 16.5. The Balaban J connectivity index is 2.43. The van der Waals surface area contributed by atoms with Gasteiger partial charge in [0.1, 0.15) is 5.75 Å². The summed E-state index contributed by atoms with van der Waals surface area (Å²) < 4.78 is 5.31.